The summed E-state index contributed by atoms with van der Waals surface area (Å²) < 4.78 is 0. The Bertz CT molecular complexity index is 315. The van der Waals surface area contributed by atoms with Crippen LogP contribution in [0.2, 0.25) is 5.15 Å². The number of rotatable bonds is 6. The molecule has 90 valence electrons. The molecule has 1 atom stereocenters. The topological polar surface area (TPSA) is 45.1 Å². The van der Waals surface area contributed by atoms with E-state index in [9.17, 15) is 0 Å². The molecule has 1 heterocycles. The van der Waals surface area contributed by atoms with Gasteiger partial charge in [-0.25, -0.2) is 4.98 Å². The first-order chi connectivity index (χ1) is 7.59. The first-order valence-corrected chi connectivity index (χ1v) is 5.94. The molecule has 1 aromatic heterocycles. The molecular formula is C12H19ClN2O. The molecule has 0 aliphatic rings. The maximum atomic E-state index is 9.00. The van der Waals surface area contributed by atoms with Crippen molar-refractivity contribution in [1.82, 2.24) is 10.3 Å². The summed E-state index contributed by atoms with van der Waals surface area (Å²) in [5, 5.41) is 12.9. The first-order valence-electron chi connectivity index (χ1n) is 5.56. The summed E-state index contributed by atoms with van der Waals surface area (Å²) in [5.74, 6) is 0. The van der Waals surface area contributed by atoms with Crippen molar-refractivity contribution < 1.29 is 5.11 Å². The summed E-state index contributed by atoms with van der Waals surface area (Å²) >= 11 is 5.71. The van der Waals surface area contributed by atoms with Crippen LogP contribution in [-0.4, -0.2) is 22.2 Å². The lowest BCUT2D eigenvalue weighted by Gasteiger charge is -2.29. The zero-order valence-electron chi connectivity index (χ0n) is 9.83. The molecule has 2 N–H and O–H groups in total. The Morgan fingerprint density at radius 1 is 1.50 bits per heavy atom. The lowest BCUT2D eigenvalue weighted by atomic mass is 9.94. The second-order valence-corrected chi connectivity index (χ2v) is 4.62. The first kappa shape index (κ1) is 13.4. The molecule has 0 saturated carbocycles. The highest BCUT2D eigenvalue weighted by Gasteiger charge is 2.20. The fourth-order valence-corrected chi connectivity index (χ4v) is 1.58. The molecule has 0 aliphatic heterocycles. The number of aliphatic hydroxyl groups is 1. The van der Waals surface area contributed by atoms with Crippen LogP contribution < -0.4 is 5.32 Å². The van der Waals surface area contributed by atoms with Crippen molar-refractivity contribution in [2.24, 2.45) is 0 Å². The molecule has 16 heavy (non-hydrogen) atoms. The highest BCUT2D eigenvalue weighted by Crippen LogP contribution is 2.15. The van der Waals surface area contributed by atoms with Crippen molar-refractivity contribution in [3.8, 4) is 0 Å². The third-order valence-corrected chi connectivity index (χ3v) is 3.18. The fourth-order valence-electron chi connectivity index (χ4n) is 1.46. The largest absolute Gasteiger partial charge is 0.396 e. The third kappa shape index (κ3) is 4.08. The fraction of sp³-hybridized carbons (Fsp3) is 0.583. The third-order valence-electron chi connectivity index (χ3n) is 2.95. The van der Waals surface area contributed by atoms with E-state index in [1.807, 2.05) is 6.07 Å². The van der Waals surface area contributed by atoms with Gasteiger partial charge in [0.25, 0.3) is 0 Å². The van der Waals surface area contributed by atoms with E-state index in [0.717, 1.165) is 24.9 Å². The zero-order chi connectivity index (χ0) is 12.0. The van der Waals surface area contributed by atoms with Crippen LogP contribution in [0.4, 0.5) is 0 Å². The van der Waals surface area contributed by atoms with Crippen LogP contribution in [0.25, 0.3) is 0 Å². The van der Waals surface area contributed by atoms with Gasteiger partial charge in [-0.15, -0.1) is 0 Å². The molecule has 4 heteroatoms. The average molecular weight is 243 g/mol. The van der Waals surface area contributed by atoms with E-state index in [2.05, 4.69) is 24.1 Å². The predicted molar refractivity (Wildman–Crippen MR) is 66.5 cm³/mol. The summed E-state index contributed by atoms with van der Waals surface area (Å²) in [7, 11) is 0. The molecule has 0 bridgehead atoms. The van der Waals surface area contributed by atoms with E-state index in [1.54, 1.807) is 12.3 Å². The van der Waals surface area contributed by atoms with E-state index in [-0.39, 0.29) is 12.1 Å². The van der Waals surface area contributed by atoms with Crippen LogP contribution in [0.3, 0.4) is 0 Å². The van der Waals surface area contributed by atoms with Crippen LogP contribution in [0.15, 0.2) is 18.3 Å². The lowest BCUT2D eigenvalue weighted by molar-refractivity contribution is 0.214. The molecule has 0 saturated heterocycles. The van der Waals surface area contributed by atoms with Crippen LogP contribution in [0.1, 0.15) is 32.3 Å². The molecule has 0 spiro atoms. The number of aliphatic hydroxyl groups excluding tert-OH is 1. The van der Waals surface area contributed by atoms with E-state index in [4.69, 9.17) is 16.7 Å². The van der Waals surface area contributed by atoms with Crippen molar-refractivity contribution in [1.29, 1.82) is 0 Å². The van der Waals surface area contributed by atoms with Gasteiger partial charge in [-0.05, 0) is 31.4 Å². The Balaban J connectivity index is 2.52. The maximum Gasteiger partial charge on any atom is 0.129 e. The second kappa shape index (κ2) is 6.18. The normalized spacial score (nSPS) is 14.8. The minimum absolute atomic E-state index is 0.0195. The van der Waals surface area contributed by atoms with Crippen molar-refractivity contribution in [2.75, 3.05) is 6.61 Å². The number of nitrogens with zero attached hydrogens (tertiary/aromatic N) is 1. The van der Waals surface area contributed by atoms with Crippen molar-refractivity contribution in [3.63, 3.8) is 0 Å². The molecule has 0 fully saturated rings. The quantitative estimate of drug-likeness (QED) is 0.753. The molecule has 1 unspecified atom stereocenters. The molecular weight excluding hydrogens is 224 g/mol. The van der Waals surface area contributed by atoms with Gasteiger partial charge in [0.05, 0.1) is 0 Å². The predicted octanol–water partition coefficient (Wildman–Crippen LogP) is 2.38. The highest BCUT2D eigenvalue weighted by molar-refractivity contribution is 6.29. The summed E-state index contributed by atoms with van der Waals surface area (Å²) in [6, 6.07) is 3.74. The summed E-state index contributed by atoms with van der Waals surface area (Å²) in [5.41, 5.74) is 1.08. The number of nitrogens with one attached hydrogen (secondary N) is 1. The summed E-state index contributed by atoms with van der Waals surface area (Å²) in [6.07, 6.45) is 3.50. The van der Waals surface area contributed by atoms with Gasteiger partial charge in [0, 0.05) is 24.9 Å². The Morgan fingerprint density at radius 2 is 2.25 bits per heavy atom. The maximum absolute atomic E-state index is 9.00. The minimum atomic E-state index is -0.0195. The van der Waals surface area contributed by atoms with Gasteiger partial charge >= 0.3 is 0 Å². The van der Waals surface area contributed by atoms with Gasteiger partial charge < -0.3 is 10.4 Å². The Hall–Kier alpha value is -0.640. The van der Waals surface area contributed by atoms with Gasteiger partial charge in [0.1, 0.15) is 5.15 Å². The van der Waals surface area contributed by atoms with E-state index in [0.29, 0.717) is 5.15 Å². The number of hydrogen-bond donors (Lipinski definition) is 2. The Labute approximate surface area is 102 Å². The average Bonchev–Trinajstić information content (AvgIpc) is 2.29. The SMILES string of the molecule is CCC(C)(CCO)NCc1ccc(Cl)nc1. The molecule has 1 aromatic rings. The molecule has 0 aliphatic carbocycles. The van der Waals surface area contributed by atoms with Crippen molar-refractivity contribution >= 4 is 11.6 Å². The molecule has 3 nitrogen and oxygen atoms in total. The van der Waals surface area contributed by atoms with E-state index < -0.39 is 0 Å². The van der Waals surface area contributed by atoms with Gasteiger partial charge in [-0.3, -0.25) is 0 Å². The number of pyridine rings is 1. The number of hydrogen-bond acceptors (Lipinski definition) is 3. The van der Waals surface area contributed by atoms with Crippen LogP contribution in [0.5, 0.6) is 0 Å². The van der Waals surface area contributed by atoms with Gasteiger partial charge in [-0.1, -0.05) is 24.6 Å². The second-order valence-electron chi connectivity index (χ2n) is 4.23. The smallest absolute Gasteiger partial charge is 0.129 e. The van der Waals surface area contributed by atoms with Gasteiger partial charge in [0.15, 0.2) is 0 Å². The standard InChI is InChI=1S/C12H19ClN2O/c1-3-12(2,6-7-16)15-9-10-4-5-11(13)14-8-10/h4-5,8,15-16H,3,6-7,9H2,1-2H3. The highest BCUT2D eigenvalue weighted by atomic mass is 35.5. The molecule has 0 aromatic carbocycles. The summed E-state index contributed by atoms with van der Waals surface area (Å²) in [4.78, 5) is 4.03. The van der Waals surface area contributed by atoms with Crippen LogP contribution >= 0.6 is 11.6 Å². The Kier molecular flexibility index (Phi) is 5.19. The zero-order valence-corrected chi connectivity index (χ0v) is 10.6. The minimum Gasteiger partial charge on any atom is -0.396 e. The molecule has 0 amide bonds. The van der Waals surface area contributed by atoms with Gasteiger partial charge in [0.2, 0.25) is 0 Å². The van der Waals surface area contributed by atoms with Crippen molar-refractivity contribution in [2.45, 2.75) is 38.8 Å². The van der Waals surface area contributed by atoms with E-state index >= 15 is 0 Å². The number of aromatic nitrogens is 1. The van der Waals surface area contributed by atoms with E-state index in [1.165, 1.54) is 0 Å². The van der Waals surface area contributed by atoms with Gasteiger partial charge in [-0.2, -0.15) is 0 Å². The van der Waals surface area contributed by atoms with Crippen LogP contribution in [0, 0.1) is 0 Å². The summed E-state index contributed by atoms with van der Waals surface area (Å²) in [6.45, 7) is 5.18. The molecule has 1 rings (SSSR count). The van der Waals surface area contributed by atoms with Crippen molar-refractivity contribution in [3.05, 3.63) is 29.0 Å². The molecule has 0 radical (unpaired) electrons. The Morgan fingerprint density at radius 3 is 2.75 bits per heavy atom. The lowest BCUT2D eigenvalue weighted by Crippen LogP contribution is -2.42. The monoisotopic (exact) mass is 242 g/mol. The number of halogens is 1. The van der Waals surface area contributed by atoms with Crippen LogP contribution in [-0.2, 0) is 6.54 Å².